The van der Waals surface area contributed by atoms with Crippen molar-refractivity contribution in [1.29, 1.82) is 0 Å². The number of hydrogen-bond acceptors (Lipinski definition) is 0. The minimum atomic E-state index is 1.09. The Labute approximate surface area is 87.7 Å². The van der Waals surface area contributed by atoms with E-state index in [1.165, 1.54) is 6.42 Å². The Balaban J connectivity index is 2.34. The van der Waals surface area contributed by atoms with E-state index in [0.29, 0.717) is 0 Å². The third-order valence-corrected chi connectivity index (χ3v) is 2.11. The van der Waals surface area contributed by atoms with Crippen LogP contribution in [0, 0.1) is 6.42 Å². The van der Waals surface area contributed by atoms with Crippen molar-refractivity contribution in [1.82, 2.24) is 0 Å². The number of rotatable bonds is 0. The molecule has 1 aliphatic carbocycles. The summed E-state index contributed by atoms with van der Waals surface area (Å²) in [6, 6.07) is 0. The molecular formula is C14H19. The van der Waals surface area contributed by atoms with Crippen LogP contribution in [0.25, 0.3) is 0 Å². The first-order chi connectivity index (χ1) is 7.00. The topological polar surface area (TPSA) is 0 Å². The highest BCUT2D eigenvalue weighted by atomic mass is 13.9. The quantitative estimate of drug-likeness (QED) is 0.528. The summed E-state index contributed by atoms with van der Waals surface area (Å²) in [7, 11) is 0. The maximum Gasteiger partial charge on any atom is -0.0313 e. The van der Waals surface area contributed by atoms with E-state index in [1.54, 1.807) is 0 Å². The summed E-state index contributed by atoms with van der Waals surface area (Å²) in [5, 5.41) is 0. The summed E-state index contributed by atoms with van der Waals surface area (Å²) in [6.07, 6.45) is 25.5. The SMILES string of the molecule is [CH]1CC=CC=CCCC=CC=CCC1. The predicted molar refractivity (Wildman–Crippen MR) is 63.9 cm³/mol. The van der Waals surface area contributed by atoms with Gasteiger partial charge in [0.25, 0.3) is 0 Å². The van der Waals surface area contributed by atoms with Gasteiger partial charge in [-0.1, -0.05) is 48.6 Å². The molecule has 0 spiro atoms. The summed E-state index contributed by atoms with van der Waals surface area (Å²) in [5.41, 5.74) is 0. The molecule has 0 atom stereocenters. The van der Waals surface area contributed by atoms with Crippen molar-refractivity contribution in [3.8, 4) is 0 Å². The molecule has 0 aliphatic heterocycles. The Morgan fingerprint density at radius 3 is 1.64 bits per heavy atom. The van der Waals surface area contributed by atoms with Crippen LogP contribution in [-0.2, 0) is 0 Å². The van der Waals surface area contributed by atoms with Gasteiger partial charge in [-0.25, -0.2) is 0 Å². The lowest BCUT2D eigenvalue weighted by atomic mass is 10.1. The molecule has 0 bridgehead atoms. The van der Waals surface area contributed by atoms with Gasteiger partial charge in [0.15, 0.2) is 0 Å². The van der Waals surface area contributed by atoms with Crippen LogP contribution in [-0.4, -0.2) is 0 Å². The van der Waals surface area contributed by atoms with Crippen LogP contribution >= 0.6 is 0 Å². The van der Waals surface area contributed by atoms with Crippen LogP contribution < -0.4 is 0 Å². The van der Waals surface area contributed by atoms with E-state index in [1.807, 2.05) is 0 Å². The third-order valence-electron chi connectivity index (χ3n) is 2.11. The largest absolute Gasteiger partial charge is 0.0845 e. The molecule has 1 rings (SSSR count). The lowest BCUT2D eigenvalue weighted by Gasteiger charge is -1.92. The Kier molecular flexibility index (Phi) is 6.74. The van der Waals surface area contributed by atoms with E-state index in [9.17, 15) is 0 Å². The Morgan fingerprint density at radius 2 is 1.00 bits per heavy atom. The van der Waals surface area contributed by atoms with Crippen molar-refractivity contribution in [3.63, 3.8) is 0 Å². The Hall–Kier alpha value is -1.04. The summed E-state index contributed by atoms with van der Waals surface area (Å²) in [6.45, 7) is 0. The van der Waals surface area contributed by atoms with Crippen molar-refractivity contribution in [2.45, 2.75) is 32.1 Å². The van der Waals surface area contributed by atoms with Gasteiger partial charge in [0.1, 0.15) is 0 Å². The zero-order valence-corrected chi connectivity index (χ0v) is 8.73. The summed E-state index contributed by atoms with van der Waals surface area (Å²) >= 11 is 0. The van der Waals surface area contributed by atoms with Gasteiger partial charge in [0, 0.05) is 0 Å². The molecule has 0 saturated heterocycles. The zero-order chi connectivity index (χ0) is 9.90. The molecule has 0 N–H and O–H groups in total. The second kappa shape index (κ2) is 8.55. The van der Waals surface area contributed by atoms with Gasteiger partial charge in [-0.3, -0.25) is 0 Å². The van der Waals surface area contributed by atoms with Crippen molar-refractivity contribution >= 4 is 0 Å². The van der Waals surface area contributed by atoms with Crippen molar-refractivity contribution in [3.05, 3.63) is 55.0 Å². The first kappa shape index (κ1) is 11.0. The highest BCUT2D eigenvalue weighted by Crippen LogP contribution is 2.02. The molecule has 0 fully saturated rings. The average Bonchev–Trinajstić information content (AvgIpc) is 2.22. The average molecular weight is 187 g/mol. The fraction of sp³-hybridized carbons (Fsp3) is 0.357. The van der Waals surface area contributed by atoms with Crippen LogP contribution in [0.15, 0.2) is 48.6 Å². The number of allylic oxidation sites excluding steroid dienone is 8. The molecule has 0 amide bonds. The zero-order valence-electron chi connectivity index (χ0n) is 8.73. The van der Waals surface area contributed by atoms with Gasteiger partial charge >= 0.3 is 0 Å². The molecule has 0 aromatic rings. The molecule has 0 nitrogen and oxygen atoms in total. The van der Waals surface area contributed by atoms with Crippen molar-refractivity contribution in [2.24, 2.45) is 0 Å². The smallest absolute Gasteiger partial charge is 0.0313 e. The first-order valence-electron chi connectivity index (χ1n) is 5.45. The molecule has 0 heteroatoms. The standard InChI is InChI=1S/C14H19/c1-2-4-6-8-10-12-14-13-11-9-7-5-3-1/h1-4,7,10,12-14H,5-6,8-9,11H2. The molecule has 0 aromatic heterocycles. The van der Waals surface area contributed by atoms with Gasteiger partial charge in [-0.2, -0.15) is 0 Å². The molecular weight excluding hydrogens is 168 g/mol. The molecule has 0 unspecified atom stereocenters. The van der Waals surface area contributed by atoms with E-state index >= 15 is 0 Å². The predicted octanol–water partition coefficient (Wildman–Crippen LogP) is 4.38. The van der Waals surface area contributed by atoms with E-state index in [4.69, 9.17) is 0 Å². The normalized spacial score (nSPS) is 19.4. The monoisotopic (exact) mass is 187 g/mol. The summed E-state index contributed by atoms with van der Waals surface area (Å²) < 4.78 is 0. The van der Waals surface area contributed by atoms with Crippen LogP contribution in [0.4, 0.5) is 0 Å². The fourth-order valence-electron chi connectivity index (χ4n) is 1.30. The lowest BCUT2D eigenvalue weighted by Crippen LogP contribution is -1.73. The Bertz CT molecular complexity index is 202. The molecule has 0 saturated carbocycles. The maximum atomic E-state index is 2.32. The highest BCUT2D eigenvalue weighted by molar-refractivity contribution is 5.07. The van der Waals surface area contributed by atoms with Gasteiger partial charge < -0.3 is 0 Å². The molecule has 0 heterocycles. The highest BCUT2D eigenvalue weighted by Gasteiger charge is 1.83. The van der Waals surface area contributed by atoms with Gasteiger partial charge in [-0.15, -0.1) is 0 Å². The fourth-order valence-corrected chi connectivity index (χ4v) is 1.30. The van der Waals surface area contributed by atoms with E-state index in [0.717, 1.165) is 25.7 Å². The minimum Gasteiger partial charge on any atom is -0.0845 e. The Morgan fingerprint density at radius 1 is 0.500 bits per heavy atom. The molecule has 1 radical (unpaired) electrons. The van der Waals surface area contributed by atoms with Crippen molar-refractivity contribution < 1.29 is 0 Å². The molecule has 1 aliphatic rings. The second-order valence-electron chi connectivity index (χ2n) is 3.39. The molecule has 0 aromatic carbocycles. The first-order valence-corrected chi connectivity index (χ1v) is 5.45. The van der Waals surface area contributed by atoms with Crippen LogP contribution in [0.5, 0.6) is 0 Å². The number of hydrogen-bond donors (Lipinski definition) is 0. The van der Waals surface area contributed by atoms with Crippen LogP contribution in [0.2, 0.25) is 0 Å². The summed E-state index contributed by atoms with van der Waals surface area (Å²) in [4.78, 5) is 0. The van der Waals surface area contributed by atoms with E-state index in [-0.39, 0.29) is 0 Å². The molecule has 14 heavy (non-hydrogen) atoms. The maximum absolute atomic E-state index is 2.32. The second-order valence-corrected chi connectivity index (χ2v) is 3.39. The lowest BCUT2D eigenvalue weighted by molar-refractivity contribution is 0.933. The third kappa shape index (κ3) is 6.47. The van der Waals surface area contributed by atoms with Gasteiger partial charge in [0.2, 0.25) is 0 Å². The van der Waals surface area contributed by atoms with Gasteiger partial charge in [-0.05, 0) is 38.5 Å². The van der Waals surface area contributed by atoms with E-state index in [2.05, 4.69) is 55.0 Å². The van der Waals surface area contributed by atoms with Gasteiger partial charge in [0.05, 0.1) is 0 Å². The van der Waals surface area contributed by atoms with Crippen LogP contribution in [0.3, 0.4) is 0 Å². The minimum absolute atomic E-state index is 1.09. The summed E-state index contributed by atoms with van der Waals surface area (Å²) in [5.74, 6) is 0. The molecule has 75 valence electrons. The van der Waals surface area contributed by atoms with E-state index < -0.39 is 0 Å². The van der Waals surface area contributed by atoms with Crippen molar-refractivity contribution in [2.75, 3.05) is 0 Å². The van der Waals surface area contributed by atoms with Crippen LogP contribution in [0.1, 0.15) is 32.1 Å².